The molecule has 0 saturated heterocycles. The second-order valence-corrected chi connectivity index (χ2v) is 1.84. The molecule has 0 bridgehead atoms. The Labute approximate surface area is 45.3 Å². The molecule has 0 aromatic heterocycles. The van der Waals surface area contributed by atoms with Crippen LogP contribution in [-0.4, -0.2) is 12.8 Å². The first-order valence-electron chi connectivity index (χ1n) is 2.13. The minimum absolute atomic E-state index is 0.371. The lowest BCUT2D eigenvalue weighted by Crippen LogP contribution is -1.74. The molecule has 0 amide bonds. The fourth-order valence-electron chi connectivity index (χ4n) is 0.185. The van der Waals surface area contributed by atoms with Crippen LogP contribution in [0.15, 0.2) is 0 Å². The summed E-state index contributed by atoms with van der Waals surface area (Å²) in [5.41, 5.74) is 0. The topological polar surface area (TPSA) is 33.0 Å². The molecule has 2 nitrogen and oxygen atoms in total. The minimum Gasteiger partial charge on any atom is -0.362 e. The molecular formula is C4H8NOP. The van der Waals surface area contributed by atoms with Crippen LogP contribution in [0.2, 0.25) is 0 Å². The van der Waals surface area contributed by atoms with Gasteiger partial charge in [-0.05, 0) is 6.92 Å². The summed E-state index contributed by atoms with van der Waals surface area (Å²) in [5.74, 6) is 0. The SMILES string of the molecule is CCOPCC#N. The Morgan fingerprint density at radius 1 is 1.86 bits per heavy atom. The molecule has 0 spiro atoms. The predicted octanol–water partition coefficient (Wildman–Crippen LogP) is 1.14. The Morgan fingerprint density at radius 2 is 2.57 bits per heavy atom. The molecule has 0 aromatic rings. The van der Waals surface area contributed by atoms with Crippen LogP contribution in [0, 0.1) is 11.3 Å². The second kappa shape index (κ2) is 5.88. The number of nitriles is 1. The molecule has 7 heavy (non-hydrogen) atoms. The van der Waals surface area contributed by atoms with Gasteiger partial charge in [-0.2, -0.15) is 5.26 Å². The van der Waals surface area contributed by atoms with Crippen LogP contribution in [0.25, 0.3) is 0 Å². The second-order valence-electron chi connectivity index (χ2n) is 0.912. The highest BCUT2D eigenvalue weighted by molar-refractivity contribution is 7.32. The van der Waals surface area contributed by atoms with Crippen LogP contribution >= 0.6 is 8.81 Å². The summed E-state index contributed by atoms with van der Waals surface area (Å²) in [6.07, 6.45) is 0.536. The van der Waals surface area contributed by atoms with Crippen molar-refractivity contribution in [3.63, 3.8) is 0 Å². The summed E-state index contributed by atoms with van der Waals surface area (Å²) in [4.78, 5) is 0. The summed E-state index contributed by atoms with van der Waals surface area (Å²) in [7, 11) is 0.371. The van der Waals surface area contributed by atoms with Gasteiger partial charge in [0.05, 0.1) is 12.2 Å². The van der Waals surface area contributed by atoms with E-state index in [1.54, 1.807) is 0 Å². The predicted molar refractivity (Wildman–Crippen MR) is 30.4 cm³/mol. The molecular weight excluding hydrogens is 109 g/mol. The van der Waals surface area contributed by atoms with Crippen LogP contribution in [0.5, 0.6) is 0 Å². The van der Waals surface area contributed by atoms with E-state index in [0.717, 1.165) is 6.61 Å². The molecule has 0 N–H and O–H groups in total. The molecule has 0 radical (unpaired) electrons. The molecule has 0 aliphatic carbocycles. The van der Waals surface area contributed by atoms with Crippen LogP contribution in [0.1, 0.15) is 6.92 Å². The Hall–Kier alpha value is -0.120. The average Bonchev–Trinajstić information content (AvgIpc) is 1.69. The van der Waals surface area contributed by atoms with Crippen molar-refractivity contribution in [3.05, 3.63) is 0 Å². The van der Waals surface area contributed by atoms with E-state index in [2.05, 4.69) is 0 Å². The van der Waals surface area contributed by atoms with Gasteiger partial charge in [-0.3, -0.25) is 0 Å². The largest absolute Gasteiger partial charge is 0.362 e. The van der Waals surface area contributed by atoms with E-state index in [0.29, 0.717) is 15.0 Å². The molecule has 0 aliphatic heterocycles. The lowest BCUT2D eigenvalue weighted by atomic mass is 10.9. The molecule has 40 valence electrons. The summed E-state index contributed by atoms with van der Waals surface area (Å²) >= 11 is 0. The van der Waals surface area contributed by atoms with Crippen molar-refractivity contribution in [2.24, 2.45) is 0 Å². The fraction of sp³-hybridized carbons (Fsp3) is 0.750. The van der Waals surface area contributed by atoms with Crippen molar-refractivity contribution in [1.29, 1.82) is 5.26 Å². The van der Waals surface area contributed by atoms with Gasteiger partial charge in [-0.15, -0.1) is 0 Å². The Kier molecular flexibility index (Phi) is 5.78. The van der Waals surface area contributed by atoms with Gasteiger partial charge < -0.3 is 4.52 Å². The zero-order valence-corrected chi connectivity index (χ0v) is 5.27. The molecule has 0 fully saturated rings. The average molecular weight is 117 g/mol. The third kappa shape index (κ3) is 5.88. The summed E-state index contributed by atoms with van der Waals surface area (Å²) in [6.45, 7) is 2.64. The molecule has 0 heterocycles. The monoisotopic (exact) mass is 117 g/mol. The third-order valence-electron chi connectivity index (χ3n) is 0.398. The van der Waals surface area contributed by atoms with Gasteiger partial charge in [-0.25, -0.2) is 0 Å². The zero-order chi connectivity index (χ0) is 5.54. The first kappa shape index (κ1) is 6.88. The summed E-state index contributed by atoms with van der Waals surface area (Å²) in [6, 6.07) is 1.99. The molecule has 0 saturated carbocycles. The Balaban J connectivity index is 2.60. The van der Waals surface area contributed by atoms with Gasteiger partial charge in [0.1, 0.15) is 0 Å². The van der Waals surface area contributed by atoms with E-state index < -0.39 is 0 Å². The van der Waals surface area contributed by atoms with Crippen LogP contribution < -0.4 is 0 Å². The first-order valence-corrected chi connectivity index (χ1v) is 3.25. The van der Waals surface area contributed by atoms with E-state index in [-0.39, 0.29) is 0 Å². The van der Waals surface area contributed by atoms with Crippen molar-refractivity contribution < 1.29 is 4.52 Å². The molecule has 0 aromatic carbocycles. The Morgan fingerprint density at radius 3 is 3.00 bits per heavy atom. The highest BCUT2D eigenvalue weighted by atomic mass is 31.1. The van der Waals surface area contributed by atoms with E-state index >= 15 is 0 Å². The standard InChI is InChI=1S/C4H8NOP/c1-2-6-7-4-3-5/h7H,2,4H2,1H3. The van der Waals surface area contributed by atoms with Gasteiger partial charge in [0, 0.05) is 15.4 Å². The molecule has 0 aliphatic rings. The Bertz CT molecular complexity index is 68.6. The highest BCUT2D eigenvalue weighted by Gasteiger charge is 1.77. The minimum atomic E-state index is 0.371. The zero-order valence-electron chi connectivity index (χ0n) is 4.27. The van der Waals surface area contributed by atoms with Gasteiger partial charge in [-0.1, -0.05) is 0 Å². The molecule has 0 rings (SSSR count). The maximum absolute atomic E-state index is 7.97. The smallest absolute Gasteiger partial charge is 0.0768 e. The lowest BCUT2D eigenvalue weighted by molar-refractivity contribution is 0.391. The van der Waals surface area contributed by atoms with Crippen LogP contribution in [0.3, 0.4) is 0 Å². The van der Waals surface area contributed by atoms with Crippen molar-refractivity contribution in [3.8, 4) is 6.07 Å². The quantitative estimate of drug-likeness (QED) is 0.410. The van der Waals surface area contributed by atoms with Gasteiger partial charge in [0.25, 0.3) is 0 Å². The van der Waals surface area contributed by atoms with Gasteiger partial charge in [0.15, 0.2) is 0 Å². The van der Waals surface area contributed by atoms with Crippen LogP contribution in [0.4, 0.5) is 0 Å². The van der Waals surface area contributed by atoms with Gasteiger partial charge in [0.2, 0.25) is 0 Å². The summed E-state index contributed by atoms with van der Waals surface area (Å²) in [5, 5.41) is 7.97. The maximum atomic E-state index is 7.97. The van der Waals surface area contributed by atoms with Crippen molar-refractivity contribution in [2.75, 3.05) is 12.8 Å². The van der Waals surface area contributed by atoms with Crippen LogP contribution in [-0.2, 0) is 4.52 Å². The van der Waals surface area contributed by atoms with E-state index in [1.807, 2.05) is 13.0 Å². The number of hydrogen-bond donors (Lipinski definition) is 0. The fourth-order valence-corrected chi connectivity index (χ4v) is 0.556. The third-order valence-corrected chi connectivity index (χ3v) is 1.19. The van der Waals surface area contributed by atoms with Crippen molar-refractivity contribution in [1.82, 2.24) is 0 Å². The van der Waals surface area contributed by atoms with E-state index in [1.165, 1.54) is 0 Å². The maximum Gasteiger partial charge on any atom is 0.0768 e. The van der Waals surface area contributed by atoms with Gasteiger partial charge >= 0.3 is 0 Å². The lowest BCUT2D eigenvalue weighted by Gasteiger charge is -1.90. The normalized spacial score (nSPS) is 9.71. The first-order chi connectivity index (χ1) is 3.41. The number of nitrogens with zero attached hydrogens (tertiary/aromatic N) is 1. The molecule has 3 heteroatoms. The van der Waals surface area contributed by atoms with Crippen molar-refractivity contribution in [2.45, 2.75) is 6.92 Å². The van der Waals surface area contributed by atoms with Crippen molar-refractivity contribution >= 4 is 8.81 Å². The molecule has 1 unspecified atom stereocenters. The number of rotatable bonds is 3. The van der Waals surface area contributed by atoms with E-state index in [4.69, 9.17) is 9.79 Å². The number of hydrogen-bond acceptors (Lipinski definition) is 2. The van der Waals surface area contributed by atoms with E-state index in [9.17, 15) is 0 Å². The summed E-state index contributed by atoms with van der Waals surface area (Å²) < 4.78 is 4.88. The molecule has 1 atom stereocenters. The highest BCUT2D eigenvalue weighted by Crippen LogP contribution is 2.07.